The van der Waals surface area contributed by atoms with Crippen molar-refractivity contribution in [1.29, 1.82) is 5.26 Å². The Hall–Kier alpha value is -0.630. The van der Waals surface area contributed by atoms with Crippen molar-refractivity contribution in [1.82, 2.24) is 5.32 Å². The molecule has 0 spiro atoms. The summed E-state index contributed by atoms with van der Waals surface area (Å²) in [5.41, 5.74) is -0.877. The number of morpholine rings is 1. The van der Waals surface area contributed by atoms with Gasteiger partial charge in [0.1, 0.15) is 0 Å². The number of ether oxygens (including phenoxy) is 1. The molecular formula is C7H12N2O2. The molecule has 62 valence electrons. The predicted molar refractivity (Wildman–Crippen MR) is 38.8 cm³/mol. The number of hydrogen-bond donors (Lipinski definition) is 2. The summed E-state index contributed by atoms with van der Waals surface area (Å²) < 4.78 is 5.13. The molecule has 2 atom stereocenters. The third-order valence-corrected chi connectivity index (χ3v) is 1.72. The molecule has 4 heteroatoms. The first kappa shape index (κ1) is 8.47. The molecule has 4 nitrogen and oxygen atoms in total. The minimum Gasteiger partial charge on any atom is -0.393 e. The molecule has 0 saturated carbocycles. The normalized spacial score (nSPS) is 38.1. The van der Waals surface area contributed by atoms with E-state index >= 15 is 0 Å². The van der Waals surface area contributed by atoms with Crippen molar-refractivity contribution < 1.29 is 9.84 Å². The number of aliphatic hydroxyl groups excluding tert-OH is 1. The van der Waals surface area contributed by atoms with Crippen molar-refractivity contribution in [3.63, 3.8) is 0 Å². The highest BCUT2D eigenvalue weighted by Gasteiger charge is 2.34. The monoisotopic (exact) mass is 156 g/mol. The summed E-state index contributed by atoms with van der Waals surface area (Å²) in [6.07, 6.45) is 0. The van der Waals surface area contributed by atoms with E-state index < -0.39 is 5.54 Å². The van der Waals surface area contributed by atoms with Crippen LogP contribution in [0, 0.1) is 11.3 Å². The third-order valence-electron chi connectivity index (χ3n) is 1.72. The molecule has 1 rings (SSSR count). The largest absolute Gasteiger partial charge is 0.393 e. The van der Waals surface area contributed by atoms with E-state index in [1.807, 2.05) is 13.0 Å². The van der Waals surface area contributed by atoms with Crippen molar-refractivity contribution in [3.8, 4) is 6.07 Å². The lowest BCUT2D eigenvalue weighted by atomic mass is 10.0. The number of nitrogens with one attached hydrogen (secondary N) is 1. The molecule has 11 heavy (non-hydrogen) atoms. The Morgan fingerprint density at radius 3 is 3.00 bits per heavy atom. The first-order valence-electron chi connectivity index (χ1n) is 3.60. The standard InChI is InChI=1S/C7H12N2O2/c1-6-2-11-5-7(3-8,4-10)9-6/h6,9-10H,2,4-5H2,1H3/t6-,7+/m0/s1. The zero-order valence-corrected chi connectivity index (χ0v) is 6.50. The lowest BCUT2D eigenvalue weighted by Crippen LogP contribution is -2.59. The Balaban J connectivity index is 2.62. The quantitative estimate of drug-likeness (QED) is 0.524. The SMILES string of the molecule is C[C@H]1COC[C@@](C#N)(CO)N1. The van der Waals surface area contributed by atoms with Gasteiger partial charge in [-0.05, 0) is 6.92 Å². The van der Waals surface area contributed by atoms with Crippen molar-refractivity contribution in [2.45, 2.75) is 18.5 Å². The van der Waals surface area contributed by atoms with Gasteiger partial charge in [-0.15, -0.1) is 0 Å². The Kier molecular flexibility index (Phi) is 2.45. The summed E-state index contributed by atoms with van der Waals surface area (Å²) >= 11 is 0. The fourth-order valence-electron chi connectivity index (χ4n) is 1.16. The number of nitriles is 1. The van der Waals surface area contributed by atoms with Gasteiger partial charge in [-0.25, -0.2) is 0 Å². The van der Waals surface area contributed by atoms with E-state index in [0.29, 0.717) is 6.61 Å². The number of nitrogens with zero attached hydrogens (tertiary/aromatic N) is 1. The van der Waals surface area contributed by atoms with Gasteiger partial charge in [0.2, 0.25) is 0 Å². The van der Waals surface area contributed by atoms with Crippen molar-refractivity contribution >= 4 is 0 Å². The fourth-order valence-corrected chi connectivity index (χ4v) is 1.16. The van der Waals surface area contributed by atoms with Gasteiger partial charge in [0.25, 0.3) is 0 Å². The summed E-state index contributed by atoms with van der Waals surface area (Å²) in [6, 6.07) is 2.15. The minimum absolute atomic E-state index is 0.135. The summed E-state index contributed by atoms with van der Waals surface area (Å²) in [4.78, 5) is 0. The zero-order valence-electron chi connectivity index (χ0n) is 6.50. The molecule has 0 unspecified atom stereocenters. The molecule has 1 aliphatic rings. The Labute approximate surface area is 65.8 Å². The topological polar surface area (TPSA) is 65.3 Å². The van der Waals surface area contributed by atoms with E-state index in [4.69, 9.17) is 15.1 Å². The molecule has 0 radical (unpaired) electrons. The molecule has 0 amide bonds. The van der Waals surface area contributed by atoms with Crippen LogP contribution in [0.1, 0.15) is 6.92 Å². The van der Waals surface area contributed by atoms with Gasteiger partial charge in [0.05, 0.1) is 25.9 Å². The maximum atomic E-state index is 8.89. The van der Waals surface area contributed by atoms with Gasteiger partial charge in [0, 0.05) is 6.04 Å². The van der Waals surface area contributed by atoms with Crippen LogP contribution in [0.5, 0.6) is 0 Å². The van der Waals surface area contributed by atoms with Crippen LogP contribution in [0.25, 0.3) is 0 Å². The van der Waals surface area contributed by atoms with Crippen molar-refractivity contribution in [2.75, 3.05) is 19.8 Å². The highest BCUT2D eigenvalue weighted by molar-refractivity contribution is 5.09. The molecule has 2 N–H and O–H groups in total. The smallest absolute Gasteiger partial charge is 0.153 e. The Morgan fingerprint density at radius 1 is 1.91 bits per heavy atom. The number of aliphatic hydroxyl groups is 1. The Bertz CT molecular complexity index is 178. The molecular weight excluding hydrogens is 144 g/mol. The first-order valence-corrected chi connectivity index (χ1v) is 3.60. The van der Waals surface area contributed by atoms with Gasteiger partial charge in [0.15, 0.2) is 5.54 Å². The molecule has 1 fully saturated rings. The average molecular weight is 156 g/mol. The molecule has 1 saturated heterocycles. The fraction of sp³-hybridized carbons (Fsp3) is 0.857. The van der Waals surface area contributed by atoms with Crippen LogP contribution in [0.2, 0.25) is 0 Å². The lowest BCUT2D eigenvalue weighted by Gasteiger charge is -2.34. The maximum absolute atomic E-state index is 8.89. The molecule has 0 aliphatic carbocycles. The molecule has 0 bridgehead atoms. The van der Waals surface area contributed by atoms with Gasteiger partial charge in [-0.1, -0.05) is 0 Å². The summed E-state index contributed by atoms with van der Waals surface area (Å²) in [6.45, 7) is 2.59. The van der Waals surface area contributed by atoms with Crippen LogP contribution >= 0.6 is 0 Å². The van der Waals surface area contributed by atoms with E-state index in [1.54, 1.807) is 0 Å². The average Bonchev–Trinajstić information content (AvgIpc) is 2.04. The third kappa shape index (κ3) is 1.69. The summed E-state index contributed by atoms with van der Waals surface area (Å²) in [5.74, 6) is 0. The zero-order chi connectivity index (χ0) is 8.32. The van der Waals surface area contributed by atoms with E-state index in [1.165, 1.54) is 0 Å². The molecule has 0 aromatic rings. The van der Waals surface area contributed by atoms with E-state index in [9.17, 15) is 0 Å². The van der Waals surface area contributed by atoms with Crippen LogP contribution in [0.15, 0.2) is 0 Å². The molecule has 1 aliphatic heterocycles. The second-order valence-electron chi connectivity index (χ2n) is 2.91. The van der Waals surface area contributed by atoms with Crippen LogP contribution in [0.4, 0.5) is 0 Å². The molecule has 1 heterocycles. The number of rotatable bonds is 1. The highest BCUT2D eigenvalue weighted by Crippen LogP contribution is 2.10. The first-order chi connectivity index (χ1) is 5.22. The van der Waals surface area contributed by atoms with Crippen molar-refractivity contribution in [3.05, 3.63) is 0 Å². The van der Waals surface area contributed by atoms with Gasteiger partial charge in [-0.3, -0.25) is 5.32 Å². The number of hydrogen-bond acceptors (Lipinski definition) is 4. The predicted octanol–water partition coefficient (Wildman–Crippen LogP) is -0.751. The van der Waals surface area contributed by atoms with E-state index in [0.717, 1.165) is 0 Å². The van der Waals surface area contributed by atoms with Gasteiger partial charge < -0.3 is 9.84 Å². The van der Waals surface area contributed by atoms with E-state index in [-0.39, 0.29) is 19.3 Å². The Morgan fingerprint density at radius 2 is 2.64 bits per heavy atom. The van der Waals surface area contributed by atoms with Crippen molar-refractivity contribution in [2.24, 2.45) is 0 Å². The molecule has 0 aromatic carbocycles. The van der Waals surface area contributed by atoms with Gasteiger partial charge >= 0.3 is 0 Å². The second-order valence-corrected chi connectivity index (χ2v) is 2.91. The van der Waals surface area contributed by atoms with Crippen LogP contribution in [-0.4, -0.2) is 36.5 Å². The van der Waals surface area contributed by atoms with Crippen LogP contribution in [-0.2, 0) is 4.74 Å². The second kappa shape index (κ2) is 3.18. The lowest BCUT2D eigenvalue weighted by molar-refractivity contribution is 0.00307. The minimum atomic E-state index is -0.877. The van der Waals surface area contributed by atoms with Gasteiger partial charge in [-0.2, -0.15) is 5.26 Å². The summed E-state index contributed by atoms with van der Waals surface area (Å²) in [5, 5.41) is 20.6. The van der Waals surface area contributed by atoms with E-state index in [2.05, 4.69) is 5.32 Å². The molecule has 0 aromatic heterocycles. The van der Waals surface area contributed by atoms with Crippen LogP contribution in [0.3, 0.4) is 0 Å². The highest BCUT2D eigenvalue weighted by atomic mass is 16.5. The maximum Gasteiger partial charge on any atom is 0.153 e. The van der Waals surface area contributed by atoms with Crippen LogP contribution < -0.4 is 5.32 Å². The summed E-state index contributed by atoms with van der Waals surface area (Å²) in [7, 11) is 0.